The monoisotopic (exact) mass is 425 g/mol. The lowest BCUT2D eigenvalue weighted by Gasteiger charge is -2.41. The van der Waals surface area contributed by atoms with Gasteiger partial charge in [0, 0.05) is 43.2 Å². The van der Waals surface area contributed by atoms with Crippen LogP contribution >= 0.6 is 7.14 Å². The Morgan fingerprint density at radius 3 is 2.67 bits per heavy atom. The molecule has 2 aliphatic heterocycles. The first kappa shape index (κ1) is 19.8. The van der Waals surface area contributed by atoms with Crippen LogP contribution in [0.4, 0.5) is 4.39 Å². The van der Waals surface area contributed by atoms with E-state index in [0.717, 1.165) is 24.2 Å². The van der Waals surface area contributed by atoms with E-state index in [-0.39, 0.29) is 11.7 Å². The molecule has 2 heterocycles. The molecule has 0 spiro atoms. The summed E-state index contributed by atoms with van der Waals surface area (Å²) in [4.78, 5) is 14.4. The largest absolute Gasteiger partial charge is 0.318 e. The molecule has 0 aromatic heterocycles. The highest BCUT2D eigenvalue weighted by Gasteiger charge is 2.36. The maximum atomic E-state index is 14.7. The second kappa shape index (κ2) is 7.82. The molecule has 2 aliphatic carbocycles. The molecule has 1 aromatic rings. The molecule has 1 saturated heterocycles. The molecule has 7 heteroatoms. The summed E-state index contributed by atoms with van der Waals surface area (Å²) in [6.07, 6.45) is 12.7. The third kappa shape index (κ3) is 3.57. The smallest absolute Gasteiger partial charge is 0.275 e. The summed E-state index contributed by atoms with van der Waals surface area (Å²) < 4.78 is 28.4. The Balaban J connectivity index is 1.38. The number of hydrogen-bond donors (Lipinski definition) is 0. The summed E-state index contributed by atoms with van der Waals surface area (Å²) >= 11 is 0. The third-order valence-corrected chi connectivity index (χ3v) is 9.87. The molecular weight excluding hydrogens is 400 g/mol. The quantitative estimate of drug-likeness (QED) is 0.679. The summed E-state index contributed by atoms with van der Waals surface area (Å²) in [6, 6.07) is 5.53. The Morgan fingerprint density at radius 1 is 1.13 bits per heavy atom. The van der Waals surface area contributed by atoms with Gasteiger partial charge in [0.05, 0.1) is 11.6 Å². The van der Waals surface area contributed by atoms with Crippen LogP contribution in [0.25, 0.3) is 0 Å². The van der Waals surface area contributed by atoms with E-state index < -0.39 is 13.1 Å². The molecule has 1 saturated carbocycles. The summed E-state index contributed by atoms with van der Waals surface area (Å²) in [5.74, 6) is -1.04. The first-order valence-electron chi connectivity index (χ1n) is 10.7. The number of amides is 1. The van der Waals surface area contributed by atoms with Gasteiger partial charge in [0.1, 0.15) is 13.0 Å². The molecule has 30 heavy (non-hydrogen) atoms. The Bertz CT molecular complexity index is 1040. The first-order chi connectivity index (χ1) is 14.5. The Labute approximate surface area is 175 Å². The van der Waals surface area contributed by atoms with E-state index in [9.17, 15) is 13.8 Å². The van der Waals surface area contributed by atoms with Gasteiger partial charge in [-0.1, -0.05) is 36.8 Å². The normalized spacial score (nSPS) is 26.0. The SMILES string of the molecule is O=C1N=NC(Cc2ccc(F)c(P3(=O)CCN(C4CCC4)CC3)c2)=C2C=CC=CC12. The first-order valence-corrected chi connectivity index (χ1v) is 12.8. The van der Waals surface area contributed by atoms with Crippen molar-refractivity contribution in [2.45, 2.75) is 31.7 Å². The predicted molar refractivity (Wildman–Crippen MR) is 115 cm³/mol. The van der Waals surface area contributed by atoms with Crippen LogP contribution in [0.1, 0.15) is 24.8 Å². The molecule has 1 atom stereocenters. The Morgan fingerprint density at radius 2 is 1.93 bits per heavy atom. The maximum absolute atomic E-state index is 14.7. The Kier molecular flexibility index (Phi) is 5.16. The number of hydrogen-bond acceptors (Lipinski definition) is 4. The van der Waals surface area contributed by atoms with Crippen LogP contribution in [0.2, 0.25) is 0 Å². The van der Waals surface area contributed by atoms with Gasteiger partial charge in [-0.05, 0) is 36.1 Å². The summed E-state index contributed by atoms with van der Waals surface area (Å²) in [5, 5.41) is 8.27. The number of rotatable bonds is 4. The van der Waals surface area contributed by atoms with Gasteiger partial charge >= 0.3 is 0 Å². The lowest BCUT2D eigenvalue weighted by molar-refractivity contribution is -0.120. The van der Waals surface area contributed by atoms with Crippen molar-refractivity contribution in [3.8, 4) is 0 Å². The van der Waals surface area contributed by atoms with Gasteiger partial charge in [0.2, 0.25) is 0 Å². The fourth-order valence-corrected chi connectivity index (χ4v) is 7.47. The number of fused-ring (bicyclic) bond motifs is 1. The van der Waals surface area contributed by atoms with Crippen molar-refractivity contribution >= 4 is 18.4 Å². The van der Waals surface area contributed by atoms with Gasteiger partial charge < -0.3 is 4.57 Å². The lowest BCUT2D eigenvalue weighted by atomic mass is 9.89. The van der Waals surface area contributed by atoms with Crippen LogP contribution in [-0.2, 0) is 15.8 Å². The number of benzene rings is 1. The number of halogens is 1. The topological polar surface area (TPSA) is 62.1 Å². The van der Waals surface area contributed by atoms with Gasteiger partial charge in [0.15, 0.2) is 0 Å². The molecule has 0 radical (unpaired) electrons. The molecule has 2 fully saturated rings. The van der Waals surface area contributed by atoms with E-state index in [1.54, 1.807) is 12.1 Å². The molecule has 1 aromatic carbocycles. The zero-order chi connectivity index (χ0) is 20.7. The van der Waals surface area contributed by atoms with Gasteiger partial charge in [0.25, 0.3) is 5.91 Å². The van der Waals surface area contributed by atoms with E-state index in [4.69, 9.17) is 0 Å². The fourth-order valence-electron chi connectivity index (χ4n) is 4.74. The predicted octanol–water partition coefficient (Wildman–Crippen LogP) is 4.21. The fraction of sp³-hybridized carbons (Fsp3) is 0.435. The summed E-state index contributed by atoms with van der Waals surface area (Å²) in [7, 11) is -2.75. The van der Waals surface area contributed by atoms with Crippen molar-refractivity contribution in [3.63, 3.8) is 0 Å². The molecule has 156 valence electrons. The average Bonchev–Trinajstić information content (AvgIpc) is 2.72. The second-order valence-corrected chi connectivity index (χ2v) is 11.7. The minimum absolute atomic E-state index is 0.267. The molecule has 4 aliphatic rings. The third-order valence-electron chi connectivity index (χ3n) is 6.80. The minimum atomic E-state index is -2.75. The average molecular weight is 425 g/mol. The van der Waals surface area contributed by atoms with E-state index in [1.165, 1.54) is 25.3 Å². The van der Waals surface area contributed by atoms with E-state index >= 15 is 0 Å². The highest BCUT2D eigenvalue weighted by atomic mass is 31.2. The molecule has 5 rings (SSSR count). The van der Waals surface area contributed by atoms with Crippen LogP contribution in [-0.4, -0.2) is 42.3 Å². The van der Waals surface area contributed by atoms with Crippen molar-refractivity contribution in [1.82, 2.24) is 4.90 Å². The molecule has 5 nitrogen and oxygen atoms in total. The molecule has 0 N–H and O–H groups in total. The van der Waals surface area contributed by atoms with E-state index in [2.05, 4.69) is 15.1 Å². The molecule has 1 unspecified atom stereocenters. The van der Waals surface area contributed by atoms with Gasteiger partial charge in [-0.15, -0.1) is 5.11 Å². The van der Waals surface area contributed by atoms with Crippen molar-refractivity contribution in [2.75, 3.05) is 25.4 Å². The van der Waals surface area contributed by atoms with Gasteiger partial charge in [-0.2, -0.15) is 5.11 Å². The van der Waals surface area contributed by atoms with E-state index in [0.29, 0.717) is 35.8 Å². The summed E-state index contributed by atoms with van der Waals surface area (Å²) in [5.41, 5.74) is 2.39. The van der Waals surface area contributed by atoms with Crippen LogP contribution < -0.4 is 5.30 Å². The second-order valence-electron chi connectivity index (χ2n) is 8.58. The maximum Gasteiger partial charge on any atom is 0.275 e. The minimum Gasteiger partial charge on any atom is -0.318 e. The molecular formula is C23H25FN3O2P. The highest BCUT2D eigenvalue weighted by molar-refractivity contribution is 7.71. The summed E-state index contributed by atoms with van der Waals surface area (Å²) in [6.45, 7) is 1.58. The zero-order valence-corrected chi connectivity index (χ0v) is 17.7. The van der Waals surface area contributed by atoms with Gasteiger partial charge in [-0.25, -0.2) is 4.39 Å². The molecule has 1 amide bonds. The van der Waals surface area contributed by atoms with Crippen molar-refractivity contribution in [1.29, 1.82) is 0 Å². The number of carbonyl (C=O) groups is 1. The Hall–Kier alpha value is -2.17. The zero-order valence-electron chi connectivity index (χ0n) is 16.8. The van der Waals surface area contributed by atoms with Crippen molar-refractivity contribution in [3.05, 3.63) is 65.2 Å². The van der Waals surface area contributed by atoms with E-state index in [1.807, 2.05) is 24.3 Å². The molecule has 0 bridgehead atoms. The van der Waals surface area contributed by atoms with Crippen LogP contribution in [0.5, 0.6) is 0 Å². The van der Waals surface area contributed by atoms with Gasteiger partial charge in [-0.3, -0.25) is 9.69 Å². The van der Waals surface area contributed by atoms with Crippen LogP contribution in [0.3, 0.4) is 0 Å². The highest BCUT2D eigenvalue weighted by Crippen LogP contribution is 2.48. The number of azo groups is 1. The van der Waals surface area contributed by atoms with Crippen molar-refractivity contribution in [2.24, 2.45) is 16.1 Å². The number of nitrogens with zero attached hydrogens (tertiary/aromatic N) is 3. The number of carbonyl (C=O) groups excluding carboxylic acids is 1. The standard InChI is InChI=1S/C23H25FN3O2P/c24-20-9-8-16(14-21-18-6-1-2-7-19(18)23(28)26-25-21)15-22(20)30(29)12-10-27(11-13-30)17-4-3-5-17/h1-2,6-9,15,17,19H,3-5,10-14H2. The number of allylic oxidation sites excluding steroid dienone is 4. The van der Waals surface area contributed by atoms with Crippen molar-refractivity contribution < 1.29 is 13.8 Å². The van der Waals surface area contributed by atoms with Crippen LogP contribution in [0.15, 0.2) is 64.0 Å². The van der Waals surface area contributed by atoms with Crippen LogP contribution in [0, 0.1) is 11.7 Å². The lowest BCUT2D eigenvalue weighted by Crippen LogP contribution is -2.46.